The van der Waals surface area contributed by atoms with Gasteiger partial charge in [0.15, 0.2) is 5.76 Å². The number of furan rings is 1. The van der Waals surface area contributed by atoms with E-state index in [9.17, 15) is 12.8 Å². The lowest BCUT2D eigenvalue weighted by molar-refractivity contribution is -0.904. The fourth-order valence-electron chi connectivity index (χ4n) is 3.70. The largest absolute Gasteiger partial charge is 0.459 e. The Kier molecular flexibility index (Phi) is 8.24. The number of aromatic nitrogens is 3. The van der Waals surface area contributed by atoms with Crippen molar-refractivity contribution < 1.29 is 21.7 Å². The molecule has 34 heavy (non-hydrogen) atoms. The molecule has 0 aliphatic carbocycles. The number of primary sulfonamides is 1. The summed E-state index contributed by atoms with van der Waals surface area (Å²) in [7, 11) is 0.223. The summed E-state index contributed by atoms with van der Waals surface area (Å²) in [4.78, 5) is 0.0545. The van der Waals surface area contributed by atoms with Gasteiger partial charge in [0, 0.05) is 12.1 Å². The van der Waals surface area contributed by atoms with Crippen LogP contribution in [0.2, 0.25) is 0 Å². The van der Waals surface area contributed by atoms with Crippen LogP contribution in [0.1, 0.15) is 31.4 Å². The molecule has 1 atom stereocenters. The molecule has 0 radical (unpaired) electrons. The van der Waals surface area contributed by atoms with Gasteiger partial charge in [-0.2, -0.15) is 0 Å². The molecule has 0 saturated heterocycles. The number of sulfonamides is 1. The maximum Gasteiger partial charge on any atom is 0.238 e. The number of hydrogen-bond donors (Lipinski definition) is 2. The Balaban J connectivity index is 1.61. The van der Waals surface area contributed by atoms with Gasteiger partial charge in [0.25, 0.3) is 0 Å². The van der Waals surface area contributed by atoms with Gasteiger partial charge in [-0.25, -0.2) is 22.6 Å². The Morgan fingerprint density at radius 3 is 2.44 bits per heavy atom. The first kappa shape index (κ1) is 26.0. The fourth-order valence-corrected chi connectivity index (χ4v) is 4.21. The molecule has 0 saturated carbocycles. The first-order valence-electron chi connectivity index (χ1n) is 11.2. The highest BCUT2D eigenvalue weighted by atomic mass is 32.2. The zero-order chi connectivity index (χ0) is 24.9. The van der Waals surface area contributed by atoms with Crippen LogP contribution in [0.15, 0.2) is 51.9 Å². The van der Waals surface area contributed by atoms with Gasteiger partial charge in [0.2, 0.25) is 10.0 Å². The summed E-state index contributed by atoms with van der Waals surface area (Å²) in [5, 5.41) is 17.1. The summed E-state index contributed by atoms with van der Waals surface area (Å²) in [5.41, 5.74) is 1.41. The van der Waals surface area contributed by atoms with Crippen LogP contribution in [0.3, 0.4) is 0 Å². The first-order valence-corrected chi connectivity index (χ1v) is 12.7. The van der Waals surface area contributed by atoms with Crippen LogP contribution >= 0.6 is 0 Å². The SMILES string of the molecule is CC(C)[C@@H](CNCc1ccc(C[N+](C)(C)CCF)o1)n1cc(-c2ccc(S(N)(=O)=O)cc2)nn1. The lowest BCUT2D eigenvalue weighted by Gasteiger charge is -2.27. The third-order valence-electron chi connectivity index (χ3n) is 5.74. The zero-order valence-electron chi connectivity index (χ0n) is 20.1. The summed E-state index contributed by atoms with van der Waals surface area (Å²) in [6, 6.07) is 10.2. The summed E-state index contributed by atoms with van der Waals surface area (Å²) in [6.45, 7) is 6.18. The van der Waals surface area contributed by atoms with Gasteiger partial charge in [0.1, 0.15) is 31.2 Å². The van der Waals surface area contributed by atoms with Crippen LogP contribution < -0.4 is 10.5 Å². The predicted octanol–water partition coefficient (Wildman–Crippen LogP) is 2.72. The Hall–Kier alpha value is -2.60. The second-order valence-corrected chi connectivity index (χ2v) is 11.0. The molecule has 0 fully saturated rings. The Labute approximate surface area is 200 Å². The Morgan fingerprint density at radius 1 is 1.15 bits per heavy atom. The molecular weight excluding hydrogens is 459 g/mol. The van der Waals surface area contributed by atoms with E-state index >= 15 is 0 Å². The maximum atomic E-state index is 12.7. The molecule has 3 rings (SSSR count). The number of benzene rings is 1. The van der Waals surface area contributed by atoms with E-state index in [1.165, 1.54) is 12.1 Å². The summed E-state index contributed by atoms with van der Waals surface area (Å²) in [5.74, 6) is 1.95. The molecule has 186 valence electrons. The molecule has 0 spiro atoms. The van der Waals surface area contributed by atoms with Gasteiger partial charge in [-0.05, 0) is 30.2 Å². The number of alkyl halides is 1. The number of hydrogen-bond acceptors (Lipinski definition) is 6. The first-order chi connectivity index (χ1) is 16.0. The molecular formula is C23H34FN6O3S+. The van der Waals surface area contributed by atoms with Gasteiger partial charge < -0.3 is 14.2 Å². The molecule has 2 heterocycles. The van der Waals surface area contributed by atoms with E-state index in [1.54, 1.807) is 12.1 Å². The second kappa shape index (κ2) is 10.8. The van der Waals surface area contributed by atoms with Crippen LogP contribution in [0, 0.1) is 5.92 Å². The molecule has 3 N–H and O–H groups in total. The molecule has 1 aromatic carbocycles. The molecule has 0 bridgehead atoms. The lowest BCUT2D eigenvalue weighted by atomic mass is 10.0. The van der Waals surface area contributed by atoms with E-state index < -0.39 is 10.0 Å². The highest BCUT2D eigenvalue weighted by molar-refractivity contribution is 7.89. The minimum Gasteiger partial charge on any atom is -0.459 e. The average Bonchev–Trinajstić information content (AvgIpc) is 3.40. The fraction of sp³-hybridized carbons (Fsp3) is 0.478. The third-order valence-corrected chi connectivity index (χ3v) is 6.67. The summed E-state index contributed by atoms with van der Waals surface area (Å²) < 4.78 is 43.9. The normalized spacial score (nSPS) is 13.5. The minimum atomic E-state index is -3.74. The van der Waals surface area contributed by atoms with Crippen LogP contribution in [-0.4, -0.2) is 61.8 Å². The van der Waals surface area contributed by atoms with Gasteiger partial charge in [-0.3, -0.25) is 0 Å². The van der Waals surface area contributed by atoms with Crippen molar-refractivity contribution in [3.05, 3.63) is 54.1 Å². The minimum absolute atomic E-state index is 0.0545. The van der Waals surface area contributed by atoms with Gasteiger partial charge >= 0.3 is 0 Å². The van der Waals surface area contributed by atoms with Crippen molar-refractivity contribution in [1.29, 1.82) is 0 Å². The van der Waals surface area contributed by atoms with E-state index in [1.807, 2.05) is 37.1 Å². The molecule has 9 nitrogen and oxygen atoms in total. The second-order valence-electron chi connectivity index (χ2n) is 9.47. The zero-order valence-corrected chi connectivity index (χ0v) is 20.9. The predicted molar refractivity (Wildman–Crippen MR) is 128 cm³/mol. The molecule has 0 unspecified atom stereocenters. The number of rotatable bonds is 12. The molecule has 2 aromatic heterocycles. The molecule has 11 heteroatoms. The Bertz CT molecular complexity index is 1170. The quantitative estimate of drug-likeness (QED) is 0.375. The Morgan fingerprint density at radius 2 is 1.82 bits per heavy atom. The van der Waals surface area contributed by atoms with Gasteiger partial charge in [-0.15, -0.1) is 5.10 Å². The van der Waals surface area contributed by atoms with Crippen molar-refractivity contribution in [2.45, 2.75) is 37.9 Å². The lowest BCUT2D eigenvalue weighted by Crippen LogP contribution is -2.40. The molecule has 0 aliphatic rings. The average molecular weight is 494 g/mol. The van der Waals surface area contributed by atoms with E-state index in [2.05, 4.69) is 29.5 Å². The number of nitrogens with two attached hydrogens (primary N) is 1. The summed E-state index contributed by atoms with van der Waals surface area (Å²) >= 11 is 0. The smallest absolute Gasteiger partial charge is 0.238 e. The van der Waals surface area contributed by atoms with E-state index in [-0.39, 0.29) is 23.5 Å². The van der Waals surface area contributed by atoms with E-state index in [4.69, 9.17) is 9.56 Å². The van der Waals surface area contributed by atoms with Crippen LogP contribution in [-0.2, 0) is 23.1 Å². The van der Waals surface area contributed by atoms with Crippen molar-refractivity contribution in [2.24, 2.45) is 11.1 Å². The van der Waals surface area contributed by atoms with Crippen LogP contribution in [0.25, 0.3) is 11.3 Å². The van der Waals surface area contributed by atoms with Crippen molar-refractivity contribution >= 4 is 10.0 Å². The van der Waals surface area contributed by atoms with Crippen molar-refractivity contribution in [3.8, 4) is 11.3 Å². The topological polar surface area (TPSA) is 116 Å². The molecule has 0 amide bonds. The van der Waals surface area contributed by atoms with Crippen molar-refractivity contribution in [1.82, 2.24) is 20.3 Å². The number of quaternary nitrogens is 1. The van der Waals surface area contributed by atoms with E-state index in [0.717, 1.165) is 17.1 Å². The van der Waals surface area contributed by atoms with Crippen LogP contribution in [0.4, 0.5) is 4.39 Å². The van der Waals surface area contributed by atoms with E-state index in [0.29, 0.717) is 36.4 Å². The van der Waals surface area contributed by atoms with Crippen molar-refractivity contribution in [2.75, 3.05) is 33.9 Å². The number of halogens is 1. The maximum absolute atomic E-state index is 12.7. The number of nitrogens with zero attached hydrogens (tertiary/aromatic N) is 4. The van der Waals surface area contributed by atoms with Gasteiger partial charge in [0.05, 0.1) is 37.8 Å². The highest BCUT2D eigenvalue weighted by Crippen LogP contribution is 2.22. The monoisotopic (exact) mass is 493 g/mol. The van der Waals surface area contributed by atoms with Crippen molar-refractivity contribution in [3.63, 3.8) is 0 Å². The number of nitrogens with one attached hydrogen (secondary N) is 1. The molecule has 0 aliphatic heterocycles. The van der Waals surface area contributed by atoms with Crippen LogP contribution in [0.5, 0.6) is 0 Å². The summed E-state index contributed by atoms with van der Waals surface area (Å²) in [6.07, 6.45) is 1.86. The van der Waals surface area contributed by atoms with Gasteiger partial charge in [-0.1, -0.05) is 31.2 Å². The molecule has 3 aromatic rings. The third kappa shape index (κ3) is 6.95. The standard InChI is InChI=1S/C23H34FN6O3S/c1-17(2)23(14-26-13-19-7-8-20(33-19)16-30(3,4)12-11-24)29-15-22(27-28-29)18-5-9-21(10-6-18)34(25,31)32/h5-10,15,17,23,26H,11-14,16H2,1-4H3,(H2,25,31,32)/q+1/t23-/m1/s1. The highest BCUT2D eigenvalue weighted by Gasteiger charge is 2.20.